The predicted molar refractivity (Wildman–Crippen MR) is 80.6 cm³/mol. The van der Waals surface area contributed by atoms with E-state index in [1.54, 1.807) is 12.1 Å². The molecule has 2 nitrogen and oxygen atoms in total. The fourth-order valence-corrected chi connectivity index (χ4v) is 2.68. The van der Waals surface area contributed by atoms with Gasteiger partial charge in [-0.25, -0.2) is 4.39 Å². The van der Waals surface area contributed by atoms with Crippen molar-refractivity contribution in [1.29, 1.82) is 0 Å². The summed E-state index contributed by atoms with van der Waals surface area (Å²) in [6, 6.07) is 13.7. The number of aliphatic hydroxyl groups is 1. The zero-order chi connectivity index (χ0) is 15.0. The first-order valence-electron chi connectivity index (χ1n) is 7.02. The van der Waals surface area contributed by atoms with Crippen molar-refractivity contribution in [2.24, 2.45) is 0 Å². The van der Waals surface area contributed by atoms with Gasteiger partial charge in [0.25, 0.3) is 0 Å². The van der Waals surface area contributed by atoms with E-state index in [1.165, 1.54) is 12.1 Å². The number of aryl methyl sites for hydroxylation is 1. The molecule has 108 valence electrons. The third kappa shape index (κ3) is 2.24. The summed E-state index contributed by atoms with van der Waals surface area (Å²) in [5, 5.41) is 12.0. The topological polar surface area (TPSA) is 33.4 Å². The fraction of sp³-hybridized carbons (Fsp3) is 0.222. The highest BCUT2D eigenvalue weighted by Gasteiger charge is 2.33. The van der Waals surface area contributed by atoms with E-state index in [2.05, 4.69) is 0 Å². The van der Waals surface area contributed by atoms with Crippen LogP contribution in [0.5, 0.6) is 0 Å². The summed E-state index contributed by atoms with van der Waals surface area (Å²) in [5.74, 6) is 0.0755. The van der Waals surface area contributed by atoms with Crippen LogP contribution in [0.15, 0.2) is 52.9 Å². The molecule has 0 amide bonds. The first-order chi connectivity index (χ1) is 10.0. The molecule has 0 radical (unpaired) electrons. The number of rotatable bonds is 3. The van der Waals surface area contributed by atoms with Gasteiger partial charge < -0.3 is 9.52 Å². The van der Waals surface area contributed by atoms with E-state index in [0.29, 0.717) is 17.7 Å². The summed E-state index contributed by atoms with van der Waals surface area (Å²) in [4.78, 5) is 0. The Balaban J connectivity index is 2.19. The molecular weight excluding hydrogens is 267 g/mol. The summed E-state index contributed by atoms with van der Waals surface area (Å²) in [6.45, 7) is 3.81. The van der Waals surface area contributed by atoms with Crippen LogP contribution in [0, 0.1) is 12.7 Å². The molecule has 0 aliphatic rings. The number of benzene rings is 2. The van der Waals surface area contributed by atoms with Crippen LogP contribution in [-0.4, -0.2) is 5.11 Å². The lowest BCUT2D eigenvalue weighted by Crippen LogP contribution is -2.25. The monoisotopic (exact) mass is 284 g/mol. The third-order valence-corrected chi connectivity index (χ3v) is 3.96. The molecule has 3 rings (SSSR count). The molecule has 1 N–H and O–H groups in total. The first kappa shape index (κ1) is 13.8. The molecule has 1 unspecified atom stereocenters. The predicted octanol–water partition coefficient (Wildman–Crippen LogP) is 4.53. The van der Waals surface area contributed by atoms with Crippen LogP contribution < -0.4 is 0 Å². The van der Waals surface area contributed by atoms with Gasteiger partial charge in [0.1, 0.15) is 22.8 Å². The van der Waals surface area contributed by atoms with E-state index in [0.717, 1.165) is 16.5 Å². The van der Waals surface area contributed by atoms with Gasteiger partial charge in [0, 0.05) is 5.39 Å². The largest absolute Gasteiger partial charge is 0.457 e. The van der Waals surface area contributed by atoms with Gasteiger partial charge in [-0.3, -0.25) is 0 Å². The highest BCUT2D eigenvalue weighted by molar-refractivity contribution is 5.81. The number of halogens is 1. The van der Waals surface area contributed by atoms with E-state index >= 15 is 0 Å². The molecule has 0 fully saturated rings. The molecule has 2 aromatic carbocycles. The van der Waals surface area contributed by atoms with Gasteiger partial charge >= 0.3 is 0 Å². The second-order valence-electron chi connectivity index (χ2n) is 5.33. The van der Waals surface area contributed by atoms with Crippen molar-refractivity contribution in [3.8, 4) is 0 Å². The Kier molecular flexibility index (Phi) is 3.30. The highest BCUT2D eigenvalue weighted by Crippen LogP contribution is 2.37. The summed E-state index contributed by atoms with van der Waals surface area (Å²) in [7, 11) is 0. The summed E-state index contributed by atoms with van der Waals surface area (Å²) < 4.78 is 19.4. The van der Waals surface area contributed by atoms with E-state index in [9.17, 15) is 9.50 Å². The molecule has 0 spiro atoms. The molecule has 0 aliphatic carbocycles. The van der Waals surface area contributed by atoms with Crippen LogP contribution in [0.2, 0.25) is 0 Å². The lowest BCUT2D eigenvalue weighted by molar-refractivity contribution is 0.0541. The van der Waals surface area contributed by atoms with Crippen molar-refractivity contribution >= 4 is 11.0 Å². The van der Waals surface area contributed by atoms with Crippen molar-refractivity contribution in [3.63, 3.8) is 0 Å². The number of furan rings is 1. The Morgan fingerprint density at radius 3 is 2.57 bits per heavy atom. The van der Waals surface area contributed by atoms with E-state index in [1.807, 2.05) is 38.1 Å². The maximum atomic E-state index is 13.5. The Morgan fingerprint density at radius 2 is 1.90 bits per heavy atom. The van der Waals surface area contributed by atoms with Crippen LogP contribution in [0.1, 0.15) is 30.2 Å². The highest BCUT2D eigenvalue weighted by atomic mass is 19.1. The zero-order valence-electron chi connectivity index (χ0n) is 12.1. The van der Waals surface area contributed by atoms with Gasteiger partial charge in [0.15, 0.2) is 0 Å². The van der Waals surface area contributed by atoms with Crippen LogP contribution in [-0.2, 0) is 5.60 Å². The smallest absolute Gasteiger partial charge is 0.147 e. The second kappa shape index (κ2) is 5.01. The molecule has 1 atom stereocenters. The molecule has 0 saturated heterocycles. The van der Waals surface area contributed by atoms with Crippen LogP contribution in [0.25, 0.3) is 11.0 Å². The summed E-state index contributed by atoms with van der Waals surface area (Å²) >= 11 is 0. The number of hydrogen-bond donors (Lipinski definition) is 1. The summed E-state index contributed by atoms with van der Waals surface area (Å²) in [6.07, 6.45) is 0.398. The van der Waals surface area contributed by atoms with Crippen molar-refractivity contribution in [1.82, 2.24) is 0 Å². The van der Waals surface area contributed by atoms with Gasteiger partial charge in [-0.15, -0.1) is 0 Å². The van der Waals surface area contributed by atoms with Gasteiger partial charge in [-0.1, -0.05) is 37.3 Å². The van der Waals surface area contributed by atoms with Crippen LogP contribution >= 0.6 is 0 Å². The Hall–Kier alpha value is -2.13. The lowest BCUT2D eigenvalue weighted by Gasteiger charge is -2.25. The van der Waals surface area contributed by atoms with Gasteiger partial charge in [0.05, 0.1) is 0 Å². The normalized spacial score (nSPS) is 14.3. The number of hydrogen-bond acceptors (Lipinski definition) is 2. The van der Waals surface area contributed by atoms with Gasteiger partial charge in [0.2, 0.25) is 0 Å². The third-order valence-electron chi connectivity index (χ3n) is 3.96. The average molecular weight is 284 g/mol. The van der Waals surface area contributed by atoms with E-state index in [-0.39, 0.29) is 5.82 Å². The van der Waals surface area contributed by atoms with Crippen molar-refractivity contribution in [2.45, 2.75) is 25.9 Å². The zero-order valence-corrected chi connectivity index (χ0v) is 12.1. The SMILES string of the molecule is CCC(O)(c1cccc(F)c1)c1cc2cccc(C)c2o1. The average Bonchev–Trinajstić information content (AvgIpc) is 2.92. The molecule has 1 aromatic heterocycles. The lowest BCUT2D eigenvalue weighted by atomic mass is 9.88. The van der Waals surface area contributed by atoms with E-state index < -0.39 is 5.60 Å². The van der Waals surface area contributed by atoms with Crippen molar-refractivity contribution < 1.29 is 13.9 Å². The molecule has 0 saturated carbocycles. The minimum absolute atomic E-state index is 0.369. The van der Waals surface area contributed by atoms with Crippen LogP contribution in [0.4, 0.5) is 4.39 Å². The maximum Gasteiger partial charge on any atom is 0.147 e. The van der Waals surface area contributed by atoms with E-state index in [4.69, 9.17) is 4.42 Å². The number of fused-ring (bicyclic) bond motifs is 1. The quantitative estimate of drug-likeness (QED) is 0.766. The number of para-hydroxylation sites is 1. The maximum absolute atomic E-state index is 13.5. The molecule has 1 heterocycles. The Bertz CT molecular complexity index is 791. The fourth-order valence-electron chi connectivity index (χ4n) is 2.68. The molecule has 0 bridgehead atoms. The van der Waals surface area contributed by atoms with Crippen molar-refractivity contribution in [3.05, 3.63) is 71.2 Å². The standard InChI is InChI=1S/C18H17FO2/c1-3-18(20,14-8-5-9-15(19)11-14)16-10-13-7-4-6-12(2)17(13)21-16/h4-11,20H,3H2,1-2H3. The van der Waals surface area contributed by atoms with Crippen molar-refractivity contribution in [2.75, 3.05) is 0 Å². The Labute approximate surface area is 122 Å². The molecule has 0 aliphatic heterocycles. The molecule has 21 heavy (non-hydrogen) atoms. The minimum Gasteiger partial charge on any atom is -0.457 e. The molecule has 3 aromatic rings. The van der Waals surface area contributed by atoms with Crippen LogP contribution in [0.3, 0.4) is 0 Å². The second-order valence-corrected chi connectivity index (χ2v) is 5.33. The summed E-state index contributed by atoms with van der Waals surface area (Å²) in [5.41, 5.74) is 0.946. The van der Waals surface area contributed by atoms with Gasteiger partial charge in [-0.05, 0) is 42.7 Å². The minimum atomic E-state index is -1.33. The molecular formula is C18H17FO2. The molecule has 3 heteroatoms. The van der Waals surface area contributed by atoms with Gasteiger partial charge in [-0.2, -0.15) is 0 Å². The Morgan fingerprint density at radius 1 is 1.14 bits per heavy atom. The first-order valence-corrected chi connectivity index (χ1v) is 7.02.